The molecule has 1 aliphatic rings. The maximum Gasteiger partial charge on any atom is 0.573 e. The van der Waals surface area contributed by atoms with E-state index < -0.39 is 22.1 Å². The third kappa shape index (κ3) is 4.88. The van der Waals surface area contributed by atoms with Crippen molar-refractivity contribution in [3.8, 4) is 5.75 Å². The summed E-state index contributed by atoms with van der Waals surface area (Å²) in [4.78, 5) is -0.355. The summed E-state index contributed by atoms with van der Waals surface area (Å²) < 4.78 is 74.6. The van der Waals surface area contributed by atoms with Crippen LogP contribution < -0.4 is 9.46 Å². The number of rotatable bonds is 6. The Bertz CT molecular complexity index is 861. The molecule has 2 heterocycles. The topological polar surface area (TPSA) is 82.5 Å². The molecule has 142 valence electrons. The van der Waals surface area contributed by atoms with Gasteiger partial charge in [0, 0.05) is 18.9 Å². The highest BCUT2D eigenvalue weighted by molar-refractivity contribution is 7.92. The Balaban J connectivity index is 1.70. The fraction of sp³-hybridized carbons (Fsp3) is 0.400. The summed E-state index contributed by atoms with van der Waals surface area (Å²) in [6, 6.07) is 4.15. The molecule has 1 fully saturated rings. The smallest absolute Gasteiger partial charge is 0.406 e. The van der Waals surface area contributed by atoms with Gasteiger partial charge < -0.3 is 9.47 Å². The molecule has 1 unspecified atom stereocenters. The minimum absolute atomic E-state index is 0.0376. The van der Waals surface area contributed by atoms with Crippen LogP contribution in [0, 0.1) is 0 Å². The van der Waals surface area contributed by atoms with Crippen LogP contribution in [-0.4, -0.2) is 37.3 Å². The zero-order valence-corrected chi connectivity index (χ0v) is 14.3. The number of aromatic nitrogens is 2. The van der Waals surface area contributed by atoms with E-state index in [1.165, 1.54) is 18.5 Å². The molecule has 1 saturated heterocycles. The number of nitrogens with zero attached hydrogens (tertiary/aromatic N) is 2. The molecule has 1 aliphatic heterocycles. The van der Waals surface area contributed by atoms with Crippen molar-refractivity contribution in [2.75, 3.05) is 11.3 Å². The predicted octanol–water partition coefficient (Wildman–Crippen LogP) is 2.76. The molecule has 26 heavy (non-hydrogen) atoms. The third-order valence-corrected chi connectivity index (χ3v) is 5.03. The highest BCUT2D eigenvalue weighted by Gasteiger charge is 2.31. The quantitative estimate of drug-likeness (QED) is 0.819. The van der Waals surface area contributed by atoms with E-state index in [4.69, 9.17) is 4.74 Å². The summed E-state index contributed by atoms with van der Waals surface area (Å²) in [5.41, 5.74) is 0.199. The normalized spacial score (nSPS) is 18.0. The number of anilines is 1. The number of nitrogens with one attached hydrogen (secondary N) is 1. The first-order chi connectivity index (χ1) is 12.2. The fourth-order valence-corrected chi connectivity index (χ4v) is 3.63. The van der Waals surface area contributed by atoms with Crippen LogP contribution in [0.15, 0.2) is 41.6 Å². The van der Waals surface area contributed by atoms with Crippen molar-refractivity contribution in [3.63, 3.8) is 0 Å². The molecule has 0 amide bonds. The Labute approximate surface area is 147 Å². The first-order valence-electron chi connectivity index (χ1n) is 7.74. The zero-order chi connectivity index (χ0) is 18.8. The molecule has 1 aromatic heterocycles. The highest BCUT2D eigenvalue weighted by Crippen LogP contribution is 2.26. The van der Waals surface area contributed by atoms with Gasteiger partial charge in [0.15, 0.2) is 0 Å². The van der Waals surface area contributed by atoms with Gasteiger partial charge in [0.2, 0.25) is 0 Å². The lowest BCUT2D eigenvalue weighted by atomic mass is 10.2. The van der Waals surface area contributed by atoms with Gasteiger partial charge in [-0.3, -0.25) is 9.40 Å². The van der Waals surface area contributed by atoms with Crippen molar-refractivity contribution in [2.45, 2.75) is 36.7 Å². The molecule has 0 saturated carbocycles. The molecule has 0 radical (unpaired) electrons. The van der Waals surface area contributed by atoms with Crippen LogP contribution in [0.1, 0.15) is 12.8 Å². The van der Waals surface area contributed by atoms with Gasteiger partial charge in [-0.15, -0.1) is 13.2 Å². The van der Waals surface area contributed by atoms with Crippen LogP contribution >= 0.6 is 0 Å². The van der Waals surface area contributed by atoms with Crippen LogP contribution in [0.2, 0.25) is 0 Å². The Hall–Kier alpha value is -2.27. The molecule has 0 spiro atoms. The Morgan fingerprint density at radius 3 is 2.88 bits per heavy atom. The second-order valence-corrected chi connectivity index (χ2v) is 7.40. The van der Waals surface area contributed by atoms with Gasteiger partial charge in [-0.2, -0.15) is 5.10 Å². The van der Waals surface area contributed by atoms with Crippen molar-refractivity contribution < 1.29 is 31.1 Å². The summed E-state index contributed by atoms with van der Waals surface area (Å²) in [5, 5.41) is 4.06. The van der Waals surface area contributed by atoms with Crippen LogP contribution in [0.25, 0.3) is 0 Å². The first-order valence-corrected chi connectivity index (χ1v) is 9.22. The third-order valence-electron chi connectivity index (χ3n) is 3.65. The molecule has 1 N–H and O–H groups in total. The number of benzene rings is 1. The largest absolute Gasteiger partial charge is 0.573 e. The molecule has 0 bridgehead atoms. The number of halogens is 3. The molecule has 1 atom stereocenters. The van der Waals surface area contributed by atoms with Crippen molar-refractivity contribution in [3.05, 3.63) is 36.7 Å². The molecule has 7 nitrogen and oxygen atoms in total. The zero-order valence-electron chi connectivity index (χ0n) is 13.4. The van der Waals surface area contributed by atoms with Gasteiger partial charge in [-0.25, -0.2) is 8.42 Å². The molecule has 11 heteroatoms. The van der Waals surface area contributed by atoms with E-state index in [1.807, 2.05) is 0 Å². The van der Waals surface area contributed by atoms with E-state index in [1.54, 1.807) is 4.68 Å². The number of hydrogen-bond acceptors (Lipinski definition) is 5. The number of hydrogen-bond donors (Lipinski definition) is 1. The van der Waals surface area contributed by atoms with E-state index in [-0.39, 0.29) is 16.7 Å². The minimum Gasteiger partial charge on any atom is -0.406 e. The molecular formula is C15H16F3N3O4S. The maximum absolute atomic E-state index is 12.4. The van der Waals surface area contributed by atoms with E-state index in [0.29, 0.717) is 13.2 Å². The lowest BCUT2D eigenvalue weighted by molar-refractivity contribution is -0.274. The first kappa shape index (κ1) is 18.5. The van der Waals surface area contributed by atoms with Crippen molar-refractivity contribution >= 4 is 15.7 Å². The maximum atomic E-state index is 12.4. The number of sulfonamides is 1. The SMILES string of the molecule is O=S(=O)(Nc1cnn(CC2CCCO2)c1)c1cccc(OC(F)(F)F)c1. The molecular weight excluding hydrogens is 375 g/mol. The van der Waals surface area contributed by atoms with E-state index in [2.05, 4.69) is 14.6 Å². The second-order valence-electron chi connectivity index (χ2n) is 5.71. The summed E-state index contributed by atoms with van der Waals surface area (Å²) >= 11 is 0. The van der Waals surface area contributed by atoms with Crippen LogP contribution in [0.4, 0.5) is 18.9 Å². The lowest BCUT2D eigenvalue weighted by Crippen LogP contribution is -2.18. The minimum atomic E-state index is -4.90. The fourth-order valence-electron chi connectivity index (χ4n) is 2.57. The van der Waals surface area contributed by atoms with Gasteiger partial charge in [0.25, 0.3) is 10.0 Å². The van der Waals surface area contributed by atoms with Gasteiger partial charge >= 0.3 is 6.36 Å². The molecule has 1 aromatic carbocycles. The Kier molecular flexibility index (Phi) is 5.10. The highest BCUT2D eigenvalue weighted by atomic mass is 32.2. The van der Waals surface area contributed by atoms with E-state index in [0.717, 1.165) is 31.0 Å². The standard InChI is InChI=1S/C15H16F3N3O4S/c16-15(17,18)25-12-3-1-5-14(7-12)26(22,23)20-11-8-19-21(9-11)10-13-4-2-6-24-13/h1,3,5,7-9,13,20H,2,4,6,10H2. The summed E-state index contributed by atoms with van der Waals surface area (Å²) in [6.07, 6.45) is -0.165. The van der Waals surface area contributed by atoms with Crippen molar-refractivity contribution in [1.29, 1.82) is 0 Å². The second kappa shape index (κ2) is 7.16. The summed E-state index contributed by atoms with van der Waals surface area (Å²) in [7, 11) is -4.09. The monoisotopic (exact) mass is 391 g/mol. The van der Waals surface area contributed by atoms with Gasteiger partial charge in [-0.1, -0.05) is 6.07 Å². The Morgan fingerprint density at radius 1 is 1.38 bits per heavy atom. The molecule has 2 aromatic rings. The Morgan fingerprint density at radius 2 is 2.19 bits per heavy atom. The van der Waals surface area contributed by atoms with Gasteiger partial charge in [0.1, 0.15) is 5.75 Å². The van der Waals surface area contributed by atoms with Crippen molar-refractivity contribution in [1.82, 2.24) is 9.78 Å². The van der Waals surface area contributed by atoms with Gasteiger partial charge in [0.05, 0.1) is 29.4 Å². The average Bonchev–Trinajstić information content (AvgIpc) is 3.18. The number of alkyl halides is 3. The molecule has 3 rings (SSSR count). The molecule has 0 aliphatic carbocycles. The summed E-state index contributed by atoms with van der Waals surface area (Å²) in [6.45, 7) is 1.19. The van der Waals surface area contributed by atoms with Gasteiger partial charge in [-0.05, 0) is 25.0 Å². The lowest BCUT2D eigenvalue weighted by Gasteiger charge is -2.11. The van der Waals surface area contributed by atoms with Crippen LogP contribution in [0.3, 0.4) is 0 Å². The summed E-state index contributed by atoms with van der Waals surface area (Å²) in [5.74, 6) is -0.616. The van der Waals surface area contributed by atoms with Crippen LogP contribution in [-0.2, 0) is 21.3 Å². The van der Waals surface area contributed by atoms with Crippen molar-refractivity contribution in [2.24, 2.45) is 0 Å². The number of ether oxygens (including phenoxy) is 2. The average molecular weight is 391 g/mol. The van der Waals surface area contributed by atoms with E-state index in [9.17, 15) is 21.6 Å². The van der Waals surface area contributed by atoms with Crippen LogP contribution in [0.5, 0.6) is 5.75 Å². The predicted molar refractivity (Wildman–Crippen MR) is 85.1 cm³/mol. The van der Waals surface area contributed by atoms with E-state index >= 15 is 0 Å².